The third-order valence-electron chi connectivity index (χ3n) is 3.24. The van der Waals surface area contributed by atoms with Gasteiger partial charge in [-0.15, -0.1) is 0 Å². The van der Waals surface area contributed by atoms with Gasteiger partial charge in [-0.25, -0.2) is 0 Å². The lowest BCUT2D eigenvalue weighted by molar-refractivity contribution is -0.0927. The van der Waals surface area contributed by atoms with Crippen LogP contribution in [-0.4, -0.2) is 29.0 Å². The van der Waals surface area contributed by atoms with Gasteiger partial charge in [-0.3, -0.25) is 0 Å². The number of hydrogen-bond donors (Lipinski definition) is 2. The molecular formula is C14H22O3. The van der Waals surface area contributed by atoms with E-state index in [4.69, 9.17) is 4.74 Å². The molecule has 0 aliphatic heterocycles. The van der Waals surface area contributed by atoms with Crippen molar-refractivity contribution in [2.75, 3.05) is 7.11 Å². The molecule has 96 valence electrons. The van der Waals surface area contributed by atoms with Gasteiger partial charge in [-0.1, -0.05) is 29.8 Å². The largest absolute Gasteiger partial charge is 0.390 e. The van der Waals surface area contributed by atoms with Crippen molar-refractivity contribution in [3.63, 3.8) is 0 Å². The molecule has 0 saturated heterocycles. The van der Waals surface area contributed by atoms with E-state index in [0.717, 1.165) is 11.1 Å². The van der Waals surface area contributed by atoms with E-state index >= 15 is 0 Å². The van der Waals surface area contributed by atoms with Gasteiger partial charge in [0, 0.05) is 13.5 Å². The number of aryl methyl sites for hydroxylation is 1. The molecule has 0 aromatic heterocycles. The lowest BCUT2D eigenvalue weighted by atomic mass is 9.93. The highest BCUT2D eigenvalue weighted by Crippen LogP contribution is 2.25. The standard InChI is InChI=1S/C14H22O3/c1-10-5-7-11(8-6-10)12(15)9-13(16)14(2,3)17-4/h5-8,12-13,15-16H,9H2,1-4H3. The summed E-state index contributed by atoms with van der Waals surface area (Å²) in [5.41, 5.74) is 1.33. The van der Waals surface area contributed by atoms with Crippen LogP contribution in [0.4, 0.5) is 0 Å². The molecule has 0 bridgehead atoms. The van der Waals surface area contributed by atoms with Crippen molar-refractivity contribution in [1.82, 2.24) is 0 Å². The number of ether oxygens (including phenoxy) is 1. The minimum absolute atomic E-state index is 0.268. The summed E-state index contributed by atoms with van der Waals surface area (Å²) in [4.78, 5) is 0. The normalized spacial score (nSPS) is 15.6. The summed E-state index contributed by atoms with van der Waals surface area (Å²) in [7, 11) is 1.56. The Morgan fingerprint density at radius 2 is 1.71 bits per heavy atom. The lowest BCUT2D eigenvalue weighted by Crippen LogP contribution is -2.39. The Labute approximate surface area is 103 Å². The van der Waals surface area contributed by atoms with Gasteiger partial charge < -0.3 is 14.9 Å². The molecule has 0 amide bonds. The van der Waals surface area contributed by atoms with Crippen molar-refractivity contribution in [2.45, 2.75) is 45.0 Å². The zero-order chi connectivity index (χ0) is 13.1. The molecular weight excluding hydrogens is 216 g/mol. The quantitative estimate of drug-likeness (QED) is 0.827. The van der Waals surface area contributed by atoms with Gasteiger partial charge in [-0.2, -0.15) is 0 Å². The zero-order valence-electron chi connectivity index (χ0n) is 11.0. The van der Waals surface area contributed by atoms with Crippen molar-refractivity contribution < 1.29 is 14.9 Å². The van der Waals surface area contributed by atoms with E-state index in [1.54, 1.807) is 21.0 Å². The summed E-state index contributed by atoms with van der Waals surface area (Å²) < 4.78 is 5.19. The highest BCUT2D eigenvalue weighted by Gasteiger charge is 2.29. The summed E-state index contributed by atoms with van der Waals surface area (Å²) >= 11 is 0. The summed E-state index contributed by atoms with van der Waals surface area (Å²) in [6, 6.07) is 7.66. The van der Waals surface area contributed by atoms with Crippen molar-refractivity contribution in [3.8, 4) is 0 Å². The average molecular weight is 238 g/mol. The van der Waals surface area contributed by atoms with Gasteiger partial charge in [0.2, 0.25) is 0 Å². The molecule has 0 aliphatic rings. The first-order valence-electron chi connectivity index (χ1n) is 5.84. The molecule has 2 unspecified atom stereocenters. The van der Waals surface area contributed by atoms with Gasteiger partial charge in [-0.05, 0) is 26.3 Å². The molecule has 2 atom stereocenters. The van der Waals surface area contributed by atoms with Gasteiger partial charge in [0.15, 0.2) is 0 Å². The second-order valence-electron chi connectivity index (χ2n) is 4.99. The average Bonchev–Trinajstić information content (AvgIpc) is 2.29. The molecule has 0 aliphatic carbocycles. The van der Waals surface area contributed by atoms with E-state index in [-0.39, 0.29) is 6.42 Å². The molecule has 0 fully saturated rings. The number of rotatable bonds is 5. The predicted molar refractivity (Wildman–Crippen MR) is 67.9 cm³/mol. The molecule has 17 heavy (non-hydrogen) atoms. The number of hydrogen-bond acceptors (Lipinski definition) is 3. The summed E-state index contributed by atoms with van der Waals surface area (Å²) in [6.07, 6.45) is -1.10. The Morgan fingerprint density at radius 3 is 2.18 bits per heavy atom. The summed E-state index contributed by atoms with van der Waals surface area (Å²) in [5.74, 6) is 0. The Morgan fingerprint density at radius 1 is 1.18 bits per heavy atom. The predicted octanol–water partition coefficient (Wildman–Crippen LogP) is 2.20. The van der Waals surface area contributed by atoms with Crippen LogP contribution in [0.1, 0.15) is 37.5 Å². The molecule has 1 rings (SSSR count). The van der Waals surface area contributed by atoms with E-state index in [0.29, 0.717) is 0 Å². The highest BCUT2D eigenvalue weighted by atomic mass is 16.5. The van der Waals surface area contributed by atoms with Crippen LogP contribution in [0.15, 0.2) is 24.3 Å². The topological polar surface area (TPSA) is 49.7 Å². The molecule has 0 saturated carbocycles. The lowest BCUT2D eigenvalue weighted by Gasteiger charge is -2.30. The van der Waals surface area contributed by atoms with Crippen LogP contribution in [-0.2, 0) is 4.74 Å². The fourth-order valence-electron chi connectivity index (χ4n) is 1.56. The molecule has 3 heteroatoms. The molecule has 0 heterocycles. The van der Waals surface area contributed by atoms with E-state index in [9.17, 15) is 10.2 Å². The van der Waals surface area contributed by atoms with Crippen LogP contribution in [0.25, 0.3) is 0 Å². The van der Waals surface area contributed by atoms with E-state index in [1.807, 2.05) is 31.2 Å². The minimum Gasteiger partial charge on any atom is -0.390 e. The van der Waals surface area contributed by atoms with Crippen LogP contribution in [0, 0.1) is 6.92 Å². The minimum atomic E-state index is -0.705. The van der Waals surface area contributed by atoms with Crippen molar-refractivity contribution in [3.05, 3.63) is 35.4 Å². The van der Waals surface area contributed by atoms with Gasteiger partial charge in [0.1, 0.15) is 0 Å². The second-order valence-corrected chi connectivity index (χ2v) is 4.99. The first-order valence-corrected chi connectivity index (χ1v) is 5.84. The summed E-state index contributed by atoms with van der Waals surface area (Å²) in [5, 5.41) is 20.0. The van der Waals surface area contributed by atoms with Gasteiger partial charge in [0.05, 0.1) is 17.8 Å². The van der Waals surface area contributed by atoms with Gasteiger partial charge >= 0.3 is 0 Å². The van der Waals surface area contributed by atoms with Crippen molar-refractivity contribution in [1.29, 1.82) is 0 Å². The third-order valence-corrected chi connectivity index (χ3v) is 3.24. The molecule has 1 aromatic carbocycles. The SMILES string of the molecule is COC(C)(C)C(O)CC(O)c1ccc(C)cc1. The number of benzene rings is 1. The Kier molecular flexibility index (Phi) is 4.69. The van der Waals surface area contributed by atoms with Crippen molar-refractivity contribution in [2.24, 2.45) is 0 Å². The van der Waals surface area contributed by atoms with Crippen molar-refractivity contribution >= 4 is 0 Å². The number of aliphatic hydroxyl groups is 2. The Balaban J connectivity index is 2.66. The monoisotopic (exact) mass is 238 g/mol. The molecule has 0 spiro atoms. The first kappa shape index (κ1) is 14.2. The molecule has 2 N–H and O–H groups in total. The van der Waals surface area contributed by atoms with Crippen LogP contribution in [0.3, 0.4) is 0 Å². The van der Waals surface area contributed by atoms with Crippen LogP contribution in [0.2, 0.25) is 0 Å². The molecule has 3 nitrogen and oxygen atoms in total. The fourth-order valence-corrected chi connectivity index (χ4v) is 1.56. The van der Waals surface area contributed by atoms with Crippen LogP contribution < -0.4 is 0 Å². The highest BCUT2D eigenvalue weighted by molar-refractivity contribution is 5.23. The van der Waals surface area contributed by atoms with Gasteiger partial charge in [0.25, 0.3) is 0 Å². The Bertz CT molecular complexity index is 343. The first-order chi connectivity index (χ1) is 7.86. The van der Waals surface area contributed by atoms with E-state index in [1.165, 1.54) is 0 Å². The zero-order valence-corrected chi connectivity index (χ0v) is 11.0. The van der Waals surface area contributed by atoms with E-state index < -0.39 is 17.8 Å². The molecule has 0 radical (unpaired) electrons. The van der Waals surface area contributed by atoms with Crippen LogP contribution in [0.5, 0.6) is 0 Å². The molecule has 1 aromatic rings. The summed E-state index contributed by atoms with van der Waals surface area (Å²) in [6.45, 7) is 5.61. The Hall–Kier alpha value is -0.900. The number of aliphatic hydroxyl groups excluding tert-OH is 2. The number of methoxy groups -OCH3 is 1. The maximum Gasteiger partial charge on any atom is 0.0881 e. The fraction of sp³-hybridized carbons (Fsp3) is 0.571. The third kappa shape index (κ3) is 3.80. The second kappa shape index (κ2) is 5.63. The maximum absolute atomic E-state index is 10.0. The smallest absolute Gasteiger partial charge is 0.0881 e. The van der Waals surface area contributed by atoms with Crippen LogP contribution >= 0.6 is 0 Å². The maximum atomic E-state index is 10.0. The van der Waals surface area contributed by atoms with E-state index in [2.05, 4.69) is 0 Å².